The number of ether oxygens (including phenoxy) is 1. The number of anilines is 1. The number of nitrogens with zero attached hydrogens (tertiary/aromatic N) is 3. The van der Waals surface area contributed by atoms with Crippen LogP contribution in [-0.2, 0) is 4.74 Å². The first kappa shape index (κ1) is 18.5. The SMILES string of the molecule is CCCO[C@H]1CCCN(C(=O)Nc2cccc(-n3nc(C)cc3C)c2)C1. The molecule has 6 heteroatoms. The number of aromatic nitrogens is 2. The molecule has 3 rings (SSSR count). The van der Waals surface area contributed by atoms with Crippen molar-refractivity contribution in [3.63, 3.8) is 0 Å². The van der Waals surface area contributed by atoms with Gasteiger partial charge in [0, 0.05) is 31.1 Å². The second-order valence-corrected chi connectivity index (χ2v) is 6.90. The number of nitrogens with one attached hydrogen (secondary N) is 1. The summed E-state index contributed by atoms with van der Waals surface area (Å²) in [4.78, 5) is 14.5. The largest absolute Gasteiger partial charge is 0.376 e. The first-order chi connectivity index (χ1) is 12.6. The average molecular weight is 356 g/mol. The van der Waals surface area contributed by atoms with Gasteiger partial charge >= 0.3 is 6.03 Å². The van der Waals surface area contributed by atoms with E-state index >= 15 is 0 Å². The van der Waals surface area contributed by atoms with E-state index in [1.807, 2.05) is 53.8 Å². The van der Waals surface area contributed by atoms with Crippen LogP contribution in [0.2, 0.25) is 0 Å². The Hall–Kier alpha value is -2.34. The Balaban J connectivity index is 1.66. The van der Waals surface area contributed by atoms with Gasteiger partial charge in [0.15, 0.2) is 0 Å². The number of amides is 2. The normalized spacial score (nSPS) is 17.3. The van der Waals surface area contributed by atoms with E-state index < -0.39 is 0 Å². The number of hydrogen-bond donors (Lipinski definition) is 1. The number of rotatable bonds is 5. The number of carbonyl (C=O) groups is 1. The van der Waals surface area contributed by atoms with E-state index in [0.717, 1.165) is 55.2 Å². The maximum Gasteiger partial charge on any atom is 0.321 e. The predicted octanol–water partition coefficient (Wildman–Crippen LogP) is 3.91. The van der Waals surface area contributed by atoms with Crippen LogP contribution in [0.3, 0.4) is 0 Å². The van der Waals surface area contributed by atoms with Gasteiger partial charge in [-0.3, -0.25) is 0 Å². The molecule has 1 aliphatic heterocycles. The molecule has 140 valence electrons. The molecule has 0 bridgehead atoms. The van der Waals surface area contributed by atoms with Crippen LogP contribution in [0.15, 0.2) is 30.3 Å². The Morgan fingerprint density at radius 3 is 2.92 bits per heavy atom. The van der Waals surface area contributed by atoms with Crippen LogP contribution >= 0.6 is 0 Å². The van der Waals surface area contributed by atoms with Gasteiger partial charge in [0.05, 0.1) is 17.5 Å². The van der Waals surface area contributed by atoms with Crippen molar-refractivity contribution in [2.75, 3.05) is 25.0 Å². The van der Waals surface area contributed by atoms with Crippen molar-refractivity contribution in [3.8, 4) is 5.69 Å². The molecule has 1 aromatic carbocycles. The highest BCUT2D eigenvalue weighted by atomic mass is 16.5. The molecule has 1 atom stereocenters. The van der Waals surface area contributed by atoms with E-state index in [0.29, 0.717) is 6.54 Å². The number of likely N-dealkylation sites (tertiary alicyclic amines) is 1. The zero-order valence-corrected chi connectivity index (χ0v) is 15.9. The molecular formula is C20H28N4O2. The molecule has 1 fully saturated rings. The van der Waals surface area contributed by atoms with Gasteiger partial charge in [0.25, 0.3) is 0 Å². The molecule has 6 nitrogen and oxygen atoms in total. The van der Waals surface area contributed by atoms with Gasteiger partial charge in [-0.25, -0.2) is 9.48 Å². The Labute approximate surface area is 155 Å². The molecule has 0 saturated carbocycles. The monoisotopic (exact) mass is 356 g/mol. The van der Waals surface area contributed by atoms with E-state index in [1.165, 1.54) is 0 Å². The van der Waals surface area contributed by atoms with Crippen molar-refractivity contribution >= 4 is 11.7 Å². The second-order valence-electron chi connectivity index (χ2n) is 6.90. The molecule has 26 heavy (non-hydrogen) atoms. The van der Waals surface area contributed by atoms with Crippen LogP contribution < -0.4 is 5.32 Å². The zero-order valence-electron chi connectivity index (χ0n) is 15.9. The third-order valence-corrected chi connectivity index (χ3v) is 4.57. The van der Waals surface area contributed by atoms with Gasteiger partial charge in [-0.15, -0.1) is 0 Å². The molecule has 0 spiro atoms. The summed E-state index contributed by atoms with van der Waals surface area (Å²) in [6, 6.07) is 9.75. The minimum atomic E-state index is -0.0692. The van der Waals surface area contributed by atoms with Gasteiger partial charge in [-0.05, 0) is 57.4 Å². The lowest BCUT2D eigenvalue weighted by molar-refractivity contribution is 0.0115. The molecule has 1 aromatic heterocycles. The first-order valence-corrected chi connectivity index (χ1v) is 9.38. The van der Waals surface area contributed by atoms with Crippen LogP contribution in [0.25, 0.3) is 5.69 Å². The molecule has 1 N–H and O–H groups in total. The third kappa shape index (κ3) is 4.43. The first-order valence-electron chi connectivity index (χ1n) is 9.38. The number of piperidine rings is 1. The average Bonchev–Trinajstić information content (AvgIpc) is 2.98. The van der Waals surface area contributed by atoms with Gasteiger partial charge in [-0.2, -0.15) is 5.10 Å². The summed E-state index contributed by atoms with van der Waals surface area (Å²) in [5, 5.41) is 7.52. The topological polar surface area (TPSA) is 59.4 Å². The van der Waals surface area contributed by atoms with E-state index in [2.05, 4.69) is 17.3 Å². The minimum Gasteiger partial charge on any atom is -0.376 e. The van der Waals surface area contributed by atoms with Crippen LogP contribution in [0.4, 0.5) is 10.5 Å². The summed E-state index contributed by atoms with van der Waals surface area (Å²) >= 11 is 0. The zero-order chi connectivity index (χ0) is 18.5. The van der Waals surface area contributed by atoms with Crippen LogP contribution in [0.5, 0.6) is 0 Å². The van der Waals surface area contributed by atoms with Crippen molar-refractivity contribution in [2.45, 2.75) is 46.1 Å². The Morgan fingerprint density at radius 2 is 2.19 bits per heavy atom. The van der Waals surface area contributed by atoms with Crippen molar-refractivity contribution in [1.82, 2.24) is 14.7 Å². The van der Waals surface area contributed by atoms with Gasteiger partial charge in [-0.1, -0.05) is 13.0 Å². The molecule has 0 radical (unpaired) electrons. The van der Waals surface area contributed by atoms with Crippen LogP contribution in [-0.4, -0.2) is 46.5 Å². The fourth-order valence-electron chi connectivity index (χ4n) is 3.35. The summed E-state index contributed by atoms with van der Waals surface area (Å²) < 4.78 is 7.71. The van der Waals surface area contributed by atoms with Crippen molar-refractivity contribution in [3.05, 3.63) is 41.7 Å². The fourth-order valence-corrected chi connectivity index (χ4v) is 3.35. The maximum absolute atomic E-state index is 12.6. The van der Waals surface area contributed by atoms with E-state index in [4.69, 9.17) is 4.74 Å². The van der Waals surface area contributed by atoms with Gasteiger partial charge in [0.1, 0.15) is 0 Å². The minimum absolute atomic E-state index is 0.0692. The predicted molar refractivity (Wildman–Crippen MR) is 103 cm³/mol. The molecule has 1 aliphatic rings. The number of benzene rings is 1. The highest BCUT2D eigenvalue weighted by Crippen LogP contribution is 2.19. The quantitative estimate of drug-likeness (QED) is 0.883. The Kier molecular flexibility index (Phi) is 5.93. The van der Waals surface area contributed by atoms with E-state index in [-0.39, 0.29) is 12.1 Å². The smallest absolute Gasteiger partial charge is 0.321 e. The van der Waals surface area contributed by atoms with Crippen LogP contribution in [0, 0.1) is 13.8 Å². The third-order valence-electron chi connectivity index (χ3n) is 4.57. The van der Waals surface area contributed by atoms with Crippen molar-refractivity contribution in [2.24, 2.45) is 0 Å². The van der Waals surface area contributed by atoms with Gasteiger partial charge < -0.3 is 15.0 Å². The molecule has 2 amide bonds. The van der Waals surface area contributed by atoms with Crippen molar-refractivity contribution in [1.29, 1.82) is 0 Å². The summed E-state index contributed by atoms with van der Waals surface area (Å²) in [6.45, 7) is 8.28. The van der Waals surface area contributed by atoms with Crippen LogP contribution in [0.1, 0.15) is 37.6 Å². The number of aryl methyl sites for hydroxylation is 2. The molecule has 2 heterocycles. The number of hydrogen-bond acceptors (Lipinski definition) is 3. The Bertz CT molecular complexity index is 756. The molecular weight excluding hydrogens is 328 g/mol. The summed E-state index contributed by atoms with van der Waals surface area (Å²) in [5.41, 5.74) is 3.76. The fraction of sp³-hybridized carbons (Fsp3) is 0.500. The highest BCUT2D eigenvalue weighted by Gasteiger charge is 2.24. The summed E-state index contributed by atoms with van der Waals surface area (Å²) in [6.07, 6.45) is 3.16. The molecule has 0 unspecified atom stereocenters. The molecule has 1 saturated heterocycles. The lowest BCUT2D eigenvalue weighted by Crippen LogP contribution is -2.45. The summed E-state index contributed by atoms with van der Waals surface area (Å²) in [7, 11) is 0. The molecule has 0 aliphatic carbocycles. The number of urea groups is 1. The lowest BCUT2D eigenvalue weighted by atomic mass is 10.1. The van der Waals surface area contributed by atoms with Gasteiger partial charge in [0.2, 0.25) is 0 Å². The summed E-state index contributed by atoms with van der Waals surface area (Å²) in [5.74, 6) is 0. The van der Waals surface area contributed by atoms with Crippen molar-refractivity contribution < 1.29 is 9.53 Å². The number of carbonyl (C=O) groups excluding carboxylic acids is 1. The highest BCUT2D eigenvalue weighted by molar-refractivity contribution is 5.89. The van der Waals surface area contributed by atoms with E-state index in [1.54, 1.807) is 0 Å². The van der Waals surface area contributed by atoms with E-state index in [9.17, 15) is 4.79 Å². The lowest BCUT2D eigenvalue weighted by Gasteiger charge is -2.32. The second kappa shape index (κ2) is 8.36. The molecule has 2 aromatic rings. The standard InChI is InChI=1S/C20H28N4O2/c1-4-11-26-19-9-6-10-23(14-19)20(25)21-17-7-5-8-18(13-17)24-16(3)12-15(2)22-24/h5,7-8,12-13,19H,4,6,9-11,14H2,1-3H3,(H,21,25)/t19-/m0/s1. The Morgan fingerprint density at radius 1 is 1.35 bits per heavy atom. The maximum atomic E-state index is 12.6.